The Balaban J connectivity index is 1.96. The first-order chi connectivity index (χ1) is 10.6. The van der Waals surface area contributed by atoms with Crippen molar-refractivity contribution in [2.75, 3.05) is 20.2 Å². The Morgan fingerprint density at radius 1 is 1.18 bits per heavy atom. The number of likely N-dealkylation sites (N-methyl/N-ethyl adjacent to an activating group) is 1. The molecule has 116 valence electrons. The van der Waals surface area contributed by atoms with E-state index in [0.717, 1.165) is 5.56 Å². The molecular weight excluding hydrogens is 283 g/mol. The number of para-hydroxylation sites is 1. The van der Waals surface area contributed by atoms with Crippen molar-refractivity contribution in [1.29, 1.82) is 0 Å². The summed E-state index contributed by atoms with van der Waals surface area (Å²) in [5.74, 6) is -0.634. The van der Waals surface area contributed by atoms with E-state index in [4.69, 9.17) is 10.5 Å². The molecule has 1 amide bonds. The number of rotatable bonds is 7. The maximum Gasteiger partial charge on any atom is 0.239 e. The largest absolute Gasteiger partial charge is 0.489 e. The average molecular weight is 302 g/mol. The summed E-state index contributed by atoms with van der Waals surface area (Å²) in [7, 11) is 1.78. The molecule has 0 aromatic heterocycles. The van der Waals surface area contributed by atoms with E-state index in [2.05, 4.69) is 0 Å². The smallest absolute Gasteiger partial charge is 0.239 e. The molecule has 1 atom stereocenters. The number of amides is 1. The van der Waals surface area contributed by atoms with Gasteiger partial charge in [0.15, 0.2) is 11.6 Å². The Morgan fingerprint density at radius 3 is 2.45 bits per heavy atom. The highest BCUT2D eigenvalue weighted by molar-refractivity contribution is 5.81. The lowest BCUT2D eigenvalue weighted by atomic mass is 10.1. The minimum atomic E-state index is -0.537. The third kappa shape index (κ3) is 4.05. The number of halogens is 1. The van der Waals surface area contributed by atoms with Crippen molar-refractivity contribution < 1.29 is 13.9 Å². The van der Waals surface area contributed by atoms with Crippen LogP contribution in [0, 0.1) is 5.82 Å². The van der Waals surface area contributed by atoms with Crippen molar-refractivity contribution in [1.82, 2.24) is 4.90 Å². The number of carbonyl (C=O) groups is 1. The van der Waals surface area contributed by atoms with Gasteiger partial charge in [-0.25, -0.2) is 4.39 Å². The normalized spacial score (nSPS) is 12.1. The quantitative estimate of drug-likeness (QED) is 0.854. The van der Waals surface area contributed by atoms with Crippen LogP contribution in [0.1, 0.15) is 11.6 Å². The van der Waals surface area contributed by atoms with E-state index in [9.17, 15) is 9.18 Å². The molecule has 0 saturated heterocycles. The highest BCUT2D eigenvalue weighted by atomic mass is 19.1. The number of hydrogen-bond acceptors (Lipinski definition) is 3. The Hall–Kier alpha value is -2.40. The van der Waals surface area contributed by atoms with Crippen molar-refractivity contribution in [2.45, 2.75) is 6.04 Å². The molecule has 2 N–H and O–H groups in total. The van der Waals surface area contributed by atoms with Gasteiger partial charge in [-0.1, -0.05) is 42.5 Å². The molecule has 5 heteroatoms. The second kappa shape index (κ2) is 7.56. The summed E-state index contributed by atoms with van der Waals surface area (Å²) in [6.07, 6.45) is 0. The van der Waals surface area contributed by atoms with Crippen LogP contribution < -0.4 is 10.5 Å². The van der Waals surface area contributed by atoms with E-state index in [1.54, 1.807) is 30.1 Å². The predicted octanol–water partition coefficient (Wildman–Crippen LogP) is 2.36. The molecular formula is C17H19FN2O2. The first kappa shape index (κ1) is 16.0. The van der Waals surface area contributed by atoms with Gasteiger partial charge >= 0.3 is 0 Å². The van der Waals surface area contributed by atoms with Crippen molar-refractivity contribution >= 4 is 5.91 Å². The fourth-order valence-electron chi connectivity index (χ4n) is 2.26. The average Bonchev–Trinajstić information content (AvgIpc) is 2.50. The molecule has 22 heavy (non-hydrogen) atoms. The summed E-state index contributed by atoms with van der Waals surface area (Å²) in [5, 5.41) is 0. The summed E-state index contributed by atoms with van der Waals surface area (Å²) in [6.45, 7) is 0.699. The SMILES string of the molecule is CN(CCOc1ccccc1F)C(C(N)=O)c1ccccc1. The lowest BCUT2D eigenvalue weighted by Gasteiger charge is -2.25. The summed E-state index contributed by atoms with van der Waals surface area (Å²) < 4.78 is 18.9. The molecule has 0 fully saturated rings. The van der Waals surface area contributed by atoms with Crippen LogP contribution in [0.5, 0.6) is 5.75 Å². The Kier molecular flexibility index (Phi) is 5.49. The second-order valence-electron chi connectivity index (χ2n) is 4.98. The van der Waals surface area contributed by atoms with Crippen LogP contribution >= 0.6 is 0 Å². The number of primary amides is 1. The van der Waals surface area contributed by atoms with Crippen LogP contribution in [0.15, 0.2) is 54.6 Å². The molecule has 4 nitrogen and oxygen atoms in total. The molecule has 1 unspecified atom stereocenters. The van der Waals surface area contributed by atoms with Gasteiger partial charge in [0.2, 0.25) is 5.91 Å². The van der Waals surface area contributed by atoms with Crippen molar-refractivity contribution in [3.8, 4) is 5.75 Å². The van der Waals surface area contributed by atoms with Gasteiger partial charge in [0, 0.05) is 6.54 Å². The second-order valence-corrected chi connectivity index (χ2v) is 4.98. The molecule has 0 aliphatic rings. The molecule has 0 aliphatic heterocycles. The fourth-order valence-corrected chi connectivity index (χ4v) is 2.26. The molecule has 0 saturated carbocycles. The molecule has 0 aliphatic carbocycles. The zero-order valence-corrected chi connectivity index (χ0v) is 12.4. The number of nitrogens with zero attached hydrogens (tertiary/aromatic N) is 1. The van der Waals surface area contributed by atoms with Crippen LogP contribution in [0.4, 0.5) is 4.39 Å². The highest BCUT2D eigenvalue weighted by Gasteiger charge is 2.22. The van der Waals surface area contributed by atoms with Gasteiger partial charge in [-0.3, -0.25) is 9.69 Å². The van der Waals surface area contributed by atoms with Crippen LogP contribution in [0.2, 0.25) is 0 Å². The van der Waals surface area contributed by atoms with Gasteiger partial charge < -0.3 is 10.5 Å². The van der Waals surface area contributed by atoms with Gasteiger partial charge in [-0.2, -0.15) is 0 Å². The molecule has 0 bridgehead atoms. The van der Waals surface area contributed by atoms with E-state index in [0.29, 0.717) is 6.54 Å². The Labute approximate surface area is 129 Å². The van der Waals surface area contributed by atoms with Gasteiger partial charge in [-0.15, -0.1) is 0 Å². The molecule has 0 heterocycles. The number of carbonyl (C=O) groups excluding carboxylic acids is 1. The van der Waals surface area contributed by atoms with Gasteiger partial charge in [-0.05, 0) is 24.7 Å². The Morgan fingerprint density at radius 2 is 1.82 bits per heavy atom. The third-order valence-corrected chi connectivity index (χ3v) is 3.36. The molecule has 0 radical (unpaired) electrons. The van der Waals surface area contributed by atoms with Crippen LogP contribution in [0.25, 0.3) is 0 Å². The topological polar surface area (TPSA) is 55.6 Å². The monoisotopic (exact) mass is 302 g/mol. The molecule has 0 spiro atoms. The van der Waals surface area contributed by atoms with Crippen molar-refractivity contribution in [2.24, 2.45) is 5.73 Å². The fraction of sp³-hybridized carbons (Fsp3) is 0.235. The maximum absolute atomic E-state index is 13.5. The lowest BCUT2D eigenvalue weighted by Crippen LogP contribution is -2.37. The van der Waals surface area contributed by atoms with E-state index >= 15 is 0 Å². The summed E-state index contributed by atoms with van der Waals surface area (Å²) >= 11 is 0. The zero-order chi connectivity index (χ0) is 15.9. The molecule has 2 aromatic carbocycles. The number of nitrogens with two attached hydrogens (primary N) is 1. The summed E-state index contributed by atoms with van der Waals surface area (Å²) in [5.41, 5.74) is 6.32. The van der Waals surface area contributed by atoms with E-state index < -0.39 is 17.8 Å². The summed E-state index contributed by atoms with van der Waals surface area (Å²) in [6, 6.07) is 15.0. The first-order valence-electron chi connectivity index (χ1n) is 7.01. The molecule has 2 rings (SSSR count). The van der Waals surface area contributed by atoms with Crippen LogP contribution in [-0.2, 0) is 4.79 Å². The maximum atomic E-state index is 13.5. The van der Waals surface area contributed by atoms with Gasteiger partial charge in [0.05, 0.1) is 0 Å². The van der Waals surface area contributed by atoms with E-state index in [1.165, 1.54) is 6.07 Å². The lowest BCUT2D eigenvalue weighted by molar-refractivity contribution is -0.123. The minimum absolute atomic E-state index is 0.200. The minimum Gasteiger partial charge on any atom is -0.489 e. The first-order valence-corrected chi connectivity index (χ1v) is 7.01. The highest BCUT2D eigenvalue weighted by Crippen LogP contribution is 2.19. The Bertz CT molecular complexity index is 619. The number of ether oxygens (including phenoxy) is 1. The van der Waals surface area contributed by atoms with E-state index in [1.807, 2.05) is 30.3 Å². The summed E-state index contributed by atoms with van der Waals surface area (Å²) in [4.78, 5) is 13.5. The molecule has 2 aromatic rings. The number of benzene rings is 2. The predicted molar refractivity (Wildman–Crippen MR) is 82.9 cm³/mol. The van der Waals surface area contributed by atoms with Crippen LogP contribution in [-0.4, -0.2) is 31.0 Å². The third-order valence-electron chi connectivity index (χ3n) is 3.36. The van der Waals surface area contributed by atoms with E-state index in [-0.39, 0.29) is 12.4 Å². The number of hydrogen-bond donors (Lipinski definition) is 1. The standard InChI is InChI=1S/C17H19FN2O2/c1-20(11-12-22-15-10-6-5-9-14(15)18)16(17(19)21)13-7-3-2-4-8-13/h2-10,16H,11-12H2,1H3,(H2,19,21). The van der Waals surface area contributed by atoms with Crippen molar-refractivity contribution in [3.63, 3.8) is 0 Å². The zero-order valence-electron chi connectivity index (χ0n) is 12.4. The van der Waals surface area contributed by atoms with Gasteiger partial charge in [0.1, 0.15) is 12.6 Å². The van der Waals surface area contributed by atoms with Crippen LogP contribution in [0.3, 0.4) is 0 Å². The van der Waals surface area contributed by atoms with Gasteiger partial charge in [0.25, 0.3) is 0 Å². The van der Waals surface area contributed by atoms with Crippen molar-refractivity contribution in [3.05, 3.63) is 66.0 Å².